The minimum absolute atomic E-state index is 0.0218. The highest BCUT2D eigenvalue weighted by molar-refractivity contribution is 6.33. The zero-order chi connectivity index (χ0) is 13.1. The molecule has 0 bridgehead atoms. The Kier molecular flexibility index (Phi) is 4.45. The number of benzene rings is 1. The summed E-state index contributed by atoms with van der Waals surface area (Å²) in [4.78, 5) is 2.14. The largest absolute Gasteiger partial charge is 0.394 e. The van der Waals surface area contributed by atoms with Crippen LogP contribution in [0.2, 0.25) is 5.02 Å². The van der Waals surface area contributed by atoms with Crippen LogP contribution >= 0.6 is 11.6 Å². The van der Waals surface area contributed by atoms with Gasteiger partial charge in [0, 0.05) is 19.1 Å². The standard InChI is InChI=1S/C13H19ClN2O2/c1-9(15)10-2-3-13(12(14)6-10)16-4-5-18-11(7-16)8-17/h2-3,6,9,11,17H,4-5,7-8,15H2,1H3. The molecule has 1 aliphatic heterocycles. The highest BCUT2D eigenvalue weighted by atomic mass is 35.5. The Morgan fingerprint density at radius 3 is 3.00 bits per heavy atom. The van der Waals surface area contributed by atoms with Crippen LogP contribution in [0.25, 0.3) is 0 Å². The molecular weight excluding hydrogens is 252 g/mol. The summed E-state index contributed by atoms with van der Waals surface area (Å²) in [5.41, 5.74) is 7.83. The van der Waals surface area contributed by atoms with Crippen LogP contribution in [-0.2, 0) is 4.74 Å². The van der Waals surface area contributed by atoms with Crippen molar-refractivity contribution >= 4 is 17.3 Å². The first-order valence-electron chi connectivity index (χ1n) is 6.14. The predicted octanol–water partition coefficient (Wildman–Crippen LogP) is 1.56. The van der Waals surface area contributed by atoms with Crippen LogP contribution in [-0.4, -0.2) is 37.5 Å². The molecule has 0 saturated carbocycles. The number of ether oxygens (including phenoxy) is 1. The van der Waals surface area contributed by atoms with Gasteiger partial charge >= 0.3 is 0 Å². The first-order valence-corrected chi connectivity index (χ1v) is 6.52. The summed E-state index contributed by atoms with van der Waals surface area (Å²) in [6.45, 7) is 4.02. The van der Waals surface area contributed by atoms with E-state index in [2.05, 4.69) is 4.90 Å². The molecule has 1 fully saturated rings. The van der Waals surface area contributed by atoms with Crippen LogP contribution in [0.5, 0.6) is 0 Å². The monoisotopic (exact) mass is 270 g/mol. The minimum atomic E-state index is -0.136. The Morgan fingerprint density at radius 2 is 2.39 bits per heavy atom. The molecule has 0 spiro atoms. The molecule has 1 heterocycles. The normalized spacial score (nSPS) is 22.0. The molecule has 100 valence electrons. The van der Waals surface area contributed by atoms with E-state index < -0.39 is 0 Å². The molecule has 1 aromatic carbocycles. The molecule has 1 aliphatic rings. The van der Waals surface area contributed by atoms with Crippen LogP contribution < -0.4 is 10.6 Å². The second kappa shape index (κ2) is 5.89. The smallest absolute Gasteiger partial charge is 0.0980 e. The lowest BCUT2D eigenvalue weighted by atomic mass is 10.1. The minimum Gasteiger partial charge on any atom is -0.394 e. The number of anilines is 1. The van der Waals surface area contributed by atoms with Gasteiger partial charge in [-0.15, -0.1) is 0 Å². The third-order valence-corrected chi connectivity index (χ3v) is 3.48. The Labute approximate surface area is 112 Å². The van der Waals surface area contributed by atoms with Gasteiger partial charge in [-0.2, -0.15) is 0 Å². The van der Waals surface area contributed by atoms with Crippen LogP contribution in [0.1, 0.15) is 18.5 Å². The molecule has 2 atom stereocenters. The lowest BCUT2D eigenvalue weighted by molar-refractivity contribution is 0.00357. The number of morpholine rings is 1. The lowest BCUT2D eigenvalue weighted by Gasteiger charge is -2.34. The number of hydrogen-bond donors (Lipinski definition) is 2. The Bertz CT molecular complexity index is 412. The maximum atomic E-state index is 9.14. The Morgan fingerprint density at radius 1 is 1.61 bits per heavy atom. The van der Waals surface area contributed by atoms with Crippen molar-refractivity contribution in [1.82, 2.24) is 0 Å². The third kappa shape index (κ3) is 2.95. The van der Waals surface area contributed by atoms with Gasteiger partial charge < -0.3 is 20.5 Å². The fourth-order valence-electron chi connectivity index (χ4n) is 2.11. The maximum absolute atomic E-state index is 9.14. The average molecular weight is 271 g/mol. The maximum Gasteiger partial charge on any atom is 0.0980 e. The van der Waals surface area contributed by atoms with Crippen molar-refractivity contribution in [2.45, 2.75) is 19.1 Å². The fraction of sp³-hybridized carbons (Fsp3) is 0.538. The highest BCUT2D eigenvalue weighted by Gasteiger charge is 2.21. The van der Waals surface area contributed by atoms with Gasteiger partial charge in [0.2, 0.25) is 0 Å². The molecule has 2 rings (SSSR count). The van der Waals surface area contributed by atoms with Gasteiger partial charge in [0.05, 0.1) is 30.0 Å². The van der Waals surface area contributed by atoms with Crippen molar-refractivity contribution < 1.29 is 9.84 Å². The molecule has 0 radical (unpaired) electrons. The molecule has 4 nitrogen and oxygen atoms in total. The SMILES string of the molecule is CC(N)c1ccc(N2CCOC(CO)C2)c(Cl)c1. The lowest BCUT2D eigenvalue weighted by Crippen LogP contribution is -2.44. The summed E-state index contributed by atoms with van der Waals surface area (Å²) >= 11 is 6.30. The molecule has 2 unspecified atom stereocenters. The molecule has 1 saturated heterocycles. The van der Waals surface area contributed by atoms with E-state index >= 15 is 0 Å². The zero-order valence-electron chi connectivity index (χ0n) is 10.5. The van der Waals surface area contributed by atoms with Gasteiger partial charge in [-0.25, -0.2) is 0 Å². The summed E-state index contributed by atoms with van der Waals surface area (Å²) < 4.78 is 5.43. The van der Waals surface area contributed by atoms with E-state index in [0.717, 1.165) is 17.8 Å². The zero-order valence-corrected chi connectivity index (χ0v) is 11.2. The van der Waals surface area contributed by atoms with Gasteiger partial charge in [-0.1, -0.05) is 17.7 Å². The van der Waals surface area contributed by atoms with E-state index in [1.165, 1.54) is 0 Å². The third-order valence-electron chi connectivity index (χ3n) is 3.18. The van der Waals surface area contributed by atoms with Crippen molar-refractivity contribution in [2.75, 3.05) is 31.2 Å². The van der Waals surface area contributed by atoms with E-state index in [9.17, 15) is 0 Å². The van der Waals surface area contributed by atoms with Crippen LogP contribution in [0.4, 0.5) is 5.69 Å². The molecule has 1 aromatic rings. The van der Waals surface area contributed by atoms with E-state index in [-0.39, 0.29) is 18.8 Å². The van der Waals surface area contributed by atoms with Gasteiger partial charge in [-0.3, -0.25) is 0 Å². The molecule has 0 amide bonds. The van der Waals surface area contributed by atoms with Crippen LogP contribution in [0, 0.1) is 0 Å². The average Bonchev–Trinajstić information content (AvgIpc) is 2.38. The summed E-state index contributed by atoms with van der Waals surface area (Å²) in [5, 5.41) is 9.84. The first kappa shape index (κ1) is 13.6. The second-order valence-corrected chi connectivity index (χ2v) is 5.03. The number of hydrogen-bond acceptors (Lipinski definition) is 4. The number of halogens is 1. The molecular formula is C13H19ClN2O2. The van der Waals surface area contributed by atoms with Gasteiger partial charge in [0.25, 0.3) is 0 Å². The Hall–Kier alpha value is -0.810. The number of rotatable bonds is 3. The van der Waals surface area contributed by atoms with E-state index in [1.807, 2.05) is 25.1 Å². The molecule has 3 N–H and O–H groups in total. The summed E-state index contributed by atoms with van der Waals surface area (Å²) in [6.07, 6.45) is -0.136. The highest BCUT2D eigenvalue weighted by Crippen LogP contribution is 2.29. The van der Waals surface area contributed by atoms with Crippen LogP contribution in [0.15, 0.2) is 18.2 Å². The van der Waals surface area contributed by atoms with Crippen molar-refractivity contribution in [3.63, 3.8) is 0 Å². The van der Waals surface area contributed by atoms with Crippen molar-refractivity contribution in [3.8, 4) is 0 Å². The van der Waals surface area contributed by atoms with Crippen molar-refractivity contribution in [3.05, 3.63) is 28.8 Å². The number of aliphatic hydroxyl groups excluding tert-OH is 1. The van der Waals surface area contributed by atoms with Crippen molar-refractivity contribution in [2.24, 2.45) is 5.73 Å². The molecule has 18 heavy (non-hydrogen) atoms. The summed E-state index contributed by atoms with van der Waals surface area (Å²) in [7, 11) is 0. The van der Waals surface area contributed by atoms with Gasteiger partial charge in [0.1, 0.15) is 0 Å². The van der Waals surface area contributed by atoms with E-state index in [1.54, 1.807) is 0 Å². The van der Waals surface area contributed by atoms with Gasteiger partial charge in [0.15, 0.2) is 0 Å². The molecule has 0 aromatic heterocycles. The second-order valence-electron chi connectivity index (χ2n) is 4.62. The number of nitrogens with zero attached hydrogens (tertiary/aromatic N) is 1. The molecule has 5 heteroatoms. The van der Waals surface area contributed by atoms with E-state index in [4.69, 9.17) is 27.2 Å². The van der Waals surface area contributed by atoms with Gasteiger partial charge in [-0.05, 0) is 24.6 Å². The van der Waals surface area contributed by atoms with Crippen LogP contribution in [0.3, 0.4) is 0 Å². The summed E-state index contributed by atoms with van der Waals surface area (Å²) in [6, 6.07) is 5.87. The number of nitrogens with two attached hydrogens (primary N) is 1. The number of aliphatic hydroxyl groups is 1. The molecule has 0 aliphatic carbocycles. The van der Waals surface area contributed by atoms with Crippen molar-refractivity contribution in [1.29, 1.82) is 0 Å². The summed E-state index contributed by atoms with van der Waals surface area (Å²) in [5.74, 6) is 0. The quantitative estimate of drug-likeness (QED) is 0.875. The first-order chi connectivity index (χ1) is 8.61. The topological polar surface area (TPSA) is 58.7 Å². The fourth-order valence-corrected chi connectivity index (χ4v) is 2.42. The predicted molar refractivity (Wildman–Crippen MR) is 73.1 cm³/mol. The van der Waals surface area contributed by atoms with E-state index in [0.29, 0.717) is 18.2 Å². The Balaban J connectivity index is 2.17.